The second-order valence-electron chi connectivity index (χ2n) is 4.19. The van der Waals surface area contributed by atoms with E-state index in [-0.39, 0.29) is 10.6 Å². The number of piperazine rings is 1. The summed E-state index contributed by atoms with van der Waals surface area (Å²) in [5.41, 5.74) is 0.861. The van der Waals surface area contributed by atoms with Crippen LogP contribution in [0, 0.1) is 10.1 Å². The van der Waals surface area contributed by atoms with E-state index in [4.69, 9.17) is 0 Å². The van der Waals surface area contributed by atoms with Crippen LogP contribution in [0.3, 0.4) is 0 Å². The smallest absolute Gasteiger partial charge is 0.292 e. The minimum absolute atomic E-state index is 0.169. The third-order valence-electron chi connectivity index (χ3n) is 2.84. The number of nitro groups is 1. The molecular formula is C11H14BrN3O2. The molecular weight excluding hydrogens is 286 g/mol. The first-order chi connectivity index (χ1) is 8.08. The molecule has 1 aliphatic rings. The number of rotatable bonds is 2. The SMILES string of the molecule is CC1CN(c2cc(Br)ccc2[N+](=O)[O-])CCN1. The zero-order valence-electron chi connectivity index (χ0n) is 9.52. The lowest BCUT2D eigenvalue weighted by Crippen LogP contribution is -2.49. The van der Waals surface area contributed by atoms with Gasteiger partial charge in [0, 0.05) is 36.2 Å². The van der Waals surface area contributed by atoms with E-state index in [1.165, 1.54) is 0 Å². The van der Waals surface area contributed by atoms with Gasteiger partial charge in [-0.05, 0) is 19.1 Å². The lowest BCUT2D eigenvalue weighted by molar-refractivity contribution is -0.384. The molecule has 0 radical (unpaired) electrons. The zero-order valence-corrected chi connectivity index (χ0v) is 11.1. The summed E-state index contributed by atoms with van der Waals surface area (Å²) in [5, 5.41) is 14.3. The summed E-state index contributed by atoms with van der Waals surface area (Å²) in [5.74, 6) is 0. The molecule has 2 rings (SSSR count). The van der Waals surface area contributed by atoms with Crippen LogP contribution in [0.4, 0.5) is 11.4 Å². The second-order valence-corrected chi connectivity index (χ2v) is 5.11. The summed E-state index contributed by atoms with van der Waals surface area (Å²) < 4.78 is 0.865. The highest BCUT2D eigenvalue weighted by atomic mass is 79.9. The van der Waals surface area contributed by atoms with Crippen molar-refractivity contribution in [1.29, 1.82) is 0 Å². The van der Waals surface area contributed by atoms with Crippen LogP contribution in [-0.2, 0) is 0 Å². The highest BCUT2D eigenvalue weighted by Crippen LogP contribution is 2.31. The Morgan fingerprint density at radius 3 is 3.00 bits per heavy atom. The molecule has 0 aromatic heterocycles. The number of hydrogen-bond donors (Lipinski definition) is 1. The van der Waals surface area contributed by atoms with Crippen molar-refractivity contribution in [3.8, 4) is 0 Å². The van der Waals surface area contributed by atoms with E-state index in [1.807, 2.05) is 6.07 Å². The predicted molar refractivity (Wildman–Crippen MR) is 70.5 cm³/mol. The van der Waals surface area contributed by atoms with Gasteiger partial charge >= 0.3 is 0 Å². The van der Waals surface area contributed by atoms with Crippen molar-refractivity contribution in [1.82, 2.24) is 5.32 Å². The zero-order chi connectivity index (χ0) is 12.4. The predicted octanol–water partition coefficient (Wildman–Crippen LogP) is 2.16. The van der Waals surface area contributed by atoms with Crippen molar-refractivity contribution in [2.24, 2.45) is 0 Å². The lowest BCUT2D eigenvalue weighted by Gasteiger charge is -2.33. The molecule has 0 bridgehead atoms. The number of halogens is 1. The topological polar surface area (TPSA) is 58.4 Å². The Bertz CT molecular complexity index is 439. The monoisotopic (exact) mass is 299 g/mol. The first kappa shape index (κ1) is 12.3. The van der Waals surface area contributed by atoms with Gasteiger partial charge in [-0.25, -0.2) is 0 Å². The molecule has 0 amide bonds. The van der Waals surface area contributed by atoms with E-state index in [0.29, 0.717) is 11.7 Å². The molecule has 6 heteroatoms. The van der Waals surface area contributed by atoms with Gasteiger partial charge in [-0.15, -0.1) is 0 Å². The van der Waals surface area contributed by atoms with E-state index in [9.17, 15) is 10.1 Å². The van der Waals surface area contributed by atoms with E-state index in [1.54, 1.807) is 12.1 Å². The first-order valence-electron chi connectivity index (χ1n) is 5.50. The first-order valence-corrected chi connectivity index (χ1v) is 6.29. The van der Waals surface area contributed by atoms with Gasteiger partial charge in [0.15, 0.2) is 0 Å². The Balaban J connectivity index is 2.35. The largest absolute Gasteiger partial charge is 0.363 e. The molecule has 1 heterocycles. The van der Waals surface area contributed by atoms with Crippen LogP contribution in [0.15, 0.2) is 22.7 Å². The van der Waals surface area contributed by atoms with Crippen LogP contribution in [0.5, 0.6) is 0 Å². The number of nitrogens with one attached hydrogen (secondary N) is 1. The van der Waals surface area contributed by atoms with Gasteiger partial charge < -0.3 is 10.2 Å². The quantitative estimate of drug-likeness (QED) is 0.671. The maximum Gasteiger partial charge on any atom is 0.292 e. The summed E-state index contributed by atoms with van der Waals surface area (Å²) in [4.78, 5) is 12.7. The molecule has 0 aliphatic carbocycles. The van der Waals surface area contributed by atoms with Gasteiger partial charge in [0.25, 0.3) is 5.69 Å². The van der Waals surface area contributed by atoms with Gasteiger partial charge in [0.1, 0.15) is 5.69 Å². The highest BCUT2D eigenvalue weighted by molar-refractivity contribution is 9.10. The fraction of sp³-hybridized carbons (Fsp3) is 0.455. The Morgan fingerprint density at radius 2 is 2.35 bits per heavy atom. The van der Waals surface area contributed by atoms with E-state index < -0.39 is 0 Å². The molecule has 17 heavy (non-hydrogen) atoms. The molecule has 5 nitrogen and oxygen atoms in total. The van der Waals surface area contributed by atoms with E-state index in [0.717, 1.165) is 24.1 Å². The molecule has 1 N–H and O–H groups in total. The van der Waals surface area contributed by atoms with Crippen molar-refractivity contribution in [2.45, 2.75) is 13.0 Å². The molecule has 1 unspecified atom stereocenters. The van der Waals surface area contributed by atoms with E-state index >= 15 is 0 Å². The Kier molecular flexibility index (Phi) is 3.63. The van der Waals surface area contributed by atoms with Crippen LogP contribution in [0.1, 0.15) is 6.92 Å². The van der Waals surface area contributed by atoms with Crippen LogP contribution in [0.25, 0.3) is 0 Å². The van der Waals surface area contributed by atoms with Crippen molar-refractivity contribution < 1.29 is 4.92 Å². The fourth-order valence-corrected chi connectivity index (χ4v) is 2.40. The number of nitro benzene ring substituents is 1. The average molecular weight is 300 g/mol. The van der Waals surface area contributed by atoms with Crippen molar-refractivity contribution in [2.75, 3.05) is 24.5 Å². The minimum Gasteiger partial charge on any atom is -0.363 e. The van der Waals surface area contributed by atoms with Crippen molar-refractivity contribution >= 4 is 27.3 Å². The second kappa shape index (κ2) is 5.01. The molecule has 1 aliphatic heterocycles. The number of nitrogens with zero attached hydrogens (tertiary/aromatic N) is 2. The molecule has 1 aromatic rings. The van der Waals surface area contributed by atoms with Gasteiger partial charge in [-0.2, -0.15) is 0 Å². The van der Waals surface area contributed by atoms with Gasteiger partial charge in [-0.1, -0.05) is 15.9 Å². The Hall–Kier alpha value is -1.14. The summed E-state index contributed by atoms with van der Waals surface area (Å²) >= 11 is 3.36. The number of hydrogen-bond acceptors (Lipinski definition) is 4. The Labute approximate surface area is 108 Å². The summed E-state index contributed by atoms with van der Waals surface area (Å²) in [6.07, 6.45) is 0. The van der Waals surface area contributed by atoms with Crippen molar-refractivity contribution in [3.05, 3.63) is 32.8 Å². The van der Waals surface area contributed by atoms with E-state index in [2.05, 4.69) is 33.1 Å². The average Bonchev–Trinajstić information content (AvgIpc) is 2.28. The molecule has 1 aromatic carbocycles. The molecule has 1 atom stereocenters. The number of benzene rings is 1. The van der Waals surface area contributed by atoms with Crippen LogP contribution >= 0.6 is 15.9 Å². The molecule has 92 valence electrons. The standard InChI is InChI=1S/C11H14BrN3O2/c1-8-7-14(5-4-13-8)11-6-9(12)2-3-10(11)15(16)17/h2-3,6,8,13H,4-5,7H2,1H3. The molecule has 0 spiro atoms. The minimum atomic E-state index is -0.325. The number of anilines is 1. The van der Waals surface area contributed by atoms with Crippen molar-refractivity contribution in [3.63, 3.8) is 0 Å². The maximum absolute atomic E-state index is 11.0. The summed E-state index contributed by atoms with van der Waals surface area (Å²) in [6, 6.07) is 5.41. The van der Waals surface area contributed by atoms with Gasteiger partial charge in [0.05, 0.1) is 4.92 Å². The molecule has 0 saturated carbocycles. The third kappa shape index (κ3) is 2.76. The van der Waals surface area contributed by atoms with Crippen LogP contribution in [0.2, 0.25) is 0 Å². The Morgan fingerprint density at radius 1 is 1.59 bits per heavy atom. The summed E-state index contributed by atoms with van der Waals surface area (Å²) in [6.45, 7) is 4.51. The fourth-order valence-electron chi connectivity index (χ4n) is 2.06. The lowest BCUT2D eigenvalue weighted by atomic mass is 10.2. The van der Waals surface area contributed by atoms with Gasteiger partial charge in [0.2, 0.25) is 0 Å². The molecule has 1 fully saturated rings. The van der Waals surface area contributed by atoms with Crippen LogP contribution < -0.4 is 10.2 Å². The maximum atomic E-state index is 11.0. The molecule has 1 saturated heterocycles. The van der Waals surface area contributed by atoms with Crippen LogP contribution in [-0.4, -0.2) is 30.6 Å². The highest BCUT2D eigenvalue weighted by Gasteiger charge is 2.23. The van der Waals surface area contributed by atoms with Gasteiger partial charge in [-0.3, -0.25) is 10.1 Å². The summed E-state index contributed by atoms with van der Waals surface area (Å²) in [7, 11) is 0. The third-order valence-corrected chi connectivity index (χ3v) is 3.34. The normalized spacial score (nSPS) is 20.4.